The molecule has 0 aliphatic carbocycles. The molecule has 1 saturated heterocycles. The van der Waals surface area contributed by atoms with Crippen LogP contribution in [0.15, 0.2) is 42.5 Å². The molecule has 1 amide bonds. The molecule has 7 nitrogen and oxygen atoms in total. The van der Waals surface area contributed by atoms with E-state index in [0.29, 0.717) is 18.8 Å². The van der Waals surface area contributed by atoms with Gasteiger partial charge in [0.15, 0.2) is 13.2 Å². The Morgan fingerprint density at radius 1 is 0.933 bits per heavy atom. The summed E-state index contributed by atoms with van der Waals surface area (Å²) in [5, 5.41) is 0. The van der Waals surface area contributed by atoms with Crippen LogP contribution in [-0.2, 0) is 14.3 Å². The van der Waals surface area contributed by atoms with E-state index in [1.807, 2.05) is 56.3 Å². The molecule has 0 bridgehead atoms. The fourth-order valence-corrected chi connectivity index (χ4v) is 3.30. The number of esters is 1. The average molecular weight is 412 g/mol. The predicted octanol–water partition coefficient (Wildman–Crippen LogP) is 2.58. The number of methoxy groups -OCH3 is 1. The maximum atomic E-state index is 12.4. The third kappa shape index (κ3) is 5.43. The molecule has 2 aromatic rings. The molecule has 0 aromatic heterocycles. The van der Waals surface area contributed by atoms with Crippen LogP contribution in [0.3, 0.4) is 0 Å². The molecule has 1 heterocycles. The summed E-state index contributed by atoms with van der Waals surface area (Å²) >= 11 is 0. The molecular weight excluding hydrogens is 384 g/mol. The number of hydrogen-bond acceptors (Lipinski definition) is 6. The molecular formula is C23H28N2O5. The molecule has 0 spiro atoms. The number of nitrogens with zero attached hydrogens (tertiary/aromatic N) is 2. The van der Waals surface area contributed by atoms with E-state index >= 15 is 0 Å². The number of aryl methyl sites for hydroxylation is 1. The van der Waals surface area contributed by atoms with Crippen molar-refractivity contribution in [3.8, 4) is 11.5 Å². The van der Waals surface area contributed by atoms with Crippen LogP contribution >= 0.6 is 0 Å². The van der Waals surface area contributed by atoms with E-state index in [1.54, 1.807) is 12.0 Å². The van der Waals surface area contributed by atoms with Gasteiger partial charge in [-0.25, -0.2) is 4.79 Å². The largest absolute Gasteiger partial charge is 0.497 e. The van der Waals surface area contributed by atoms with Crippen molar-refractivity contribution in [2.45, 2.75) is 13.8 Å². The molecule has 0 radical (unpaired) electrons. The Labute approximate surface area is 177 Å². The summed E-state index contributed by atoms with van der Waals surface area (Å²) in [6.07, 6.45) is 0. The number of piperazine rings is 1. The zero-order chi connectivity index (χ0) is 21.5. The summed E-state index contributed by atoms with van der Waals surface area (Å²) in [4.78, 5) is 28.3. The van der Waals surface area contributed by atoms with E-state index in [0.717, 1.165) is 35.7 Å². The third-order valence-electron chi connectivity index (χ3n) is 5.33. The summed E-state index contributed by atoms with van der Waals surface area (Å²) < 4.78 is 15.8. The van der Waals surface area contributed by atoms with Crippen molar-refractivity contribution in [2.75, 3.05) is 51.4 Å². The van der Waals surface area contributed by atoms with Crippen molar-refractivity contribution in [1.29, 1.82) is 0 Å². The quantitative estimate of drug-likeness (QED) is 0.651. The summed E-state index contributed by atoms with van der Waals surface area (Å²) in [5.74, 6) is 0.717. The van der Waals surface area contributed by atoms with Gasteiger partial charge in [0.2, 0.25) is 0 Å². The minimum atomic E-state index is -0.555. The zero-order valence-electron chi connectivity index (χ0n) is 17.7. The minimum absolute atomic E-state index is 0.190. The van der Waals surface area contributed by atoms with Gasteiger partial charge in [0.1, 0.15) is 11.5 Å². The highest BCUT2D eigenvalue weighted by Crippen LogP contribution is 2.21. The number of benzene rings is 2. The maximum absolute atomic E-state index is 12.4. The van der Waals surface area contributed by atoms with Crippen molar-refractivity contribution in [3.63, 3.8) is 0 Å². The third-order valence-corrected chi connectivity index (χ3v) is 5.33. The second-order valence-corrected chi connectivity index (χ2v) is 7.21. The van der Waals surface area contributed by atoms with Crippen molar-refractivity contribution >= 4 is 17.6 Å². The van der Waals surface area contributed by atoms with Crippen LogP contribution in [0.2, 0.25) is 0 Å². The molecule has 0 saturated carbocycles. The van der Waals surface area contributed by atoms with Crippen molar-refractivity contribution < 1.29 is 23.8 Å². The first-order valence-corrected chi connectivity index (χ1v) is 9.99. The van der Waals surface area contributed by atoms with Crippen LogP contribution in [0.4, 0.5) is 5.69 Å². The van der Waals surface area contributed by atoms with Gasteiger partial charge in [0.05, 0.1) is 7.11 Å². The average Bonchev–Trinajstić information content (AvgIpc) is 2.78. The normalized spacial score (nSPS) is 13.7. The molecule has 160 valence electrons. The highest BCUT2D eigenvalue weighted by molar-refractivity contribution is 5.81. The van der Waals surface area contributed by atoms with Crippen LogP contribution in [0.25, 0.3) is 0 Å². The van der Waals surface area contributed by atoms with Gasteiger partial charge < -0.3 is 24.0 Å². The lowest BCUT2D eigenvalue weighted by molar-refractivity contribution is -0.153. The lowest BCUT2D eigenvalue weighted by atomic mass is 10.1. The second kappa shape index (κ2) is 10.0. The van der Waals surface area contributed by atoms with Gasteiger partial charge in [-0.2, -0.15) is 0 Å². The molecule has 2 aromatic carbocycles. The zero-order valence-corrected chi connectivity index (χ0v) is 17.7. The Morgan fingerprint density at radius 3 is 2.30 bits per heavy atom. The standard InChI is InChI=1S/C23H28N2O5/c1-17-5-4-6-21(18(17)2)29-16-23(27)30-15-22(26)25-13-11-24(12-14-25)19-7-9-20(28-3)10-8-19/h4-10H,11-16H2,1-3H3. The summed E-state index contributed by atoms with van der Waals surface area (Å²) in [6.45, 7) is 6.05. The van der Waals surface area contributed by atoms with Crippen molar-refractivity contribution in [1.82, 2.24) is 4.90 Å². The summed E-state index contributed by atoms with van der Waals surface area (Å²) in [7, 11) is 1.64. The highest BCUT2D eigenvalue weighted by Gasteiger charge is 2.22. The number of anilines is 1. The van der Waals surface area contributed by atoms with Gasteiger partial charge in [0, 0.05) is 31.9 Å². The minimum Gasteiger partial charge on any atom is -0.497 e. The lowest BCUT2D eigenvalue weighted by Crippen LogP contribution is -2.50. The van der Waals surface area contributed by atoms with E-state index < -0.39 is 5.97 Å². The van der Waals surface area contributed by atoms with E-state index in [2.05, 4.69) is 4.90 Å². The van der Waals surface area contributed by atoms with E-state index in [-0.39, 0.29) is 19.1 Å². The van der Waals surface area contributed by atoms with Gasteiger partial charge >= 0.3 is 5.97 Å². The monoisotopic (exact) mass is 412 g/mol. The predicted molar refractivity (Wildman–Crippen MR) is 114 cm³/mol. The highest BCUT2D eigenvalue weighted by atomic mass is 16.6. The van der Waals surface area contributed by atoms with Crippen LogP contribution in [0, 0.1) is 13.8 Å². The topological polar surface area (TPSA) is 68.3 Å². The molecule has 0 atom stereocenters. The lowest BCUT2D eigenvalue weighted by Gasteiger charge is -2.36. The smallest absolute Gasteiger partial charge is 0.344 e. The van der Waals surface area contributed by atoms with Gasteiger partial charge in [-0.15, -0.1) is 0 Å². The molecule has 1 aliphatic rings. The molecule has 7 heteroatoms. The summed E-state index contributed by atoms with van der Waals surface area (Å²) in [6, 6.07) is 13.5. The first-order valence-electron chi connectivity index (χ1n) is 9.99. The SMILES string of the molecule is COc1ccc(N2CCN(C(=O)COC(=O)COc3cccc(C)c3C)CC2)cc1. The number of amides is 1. The first-order chi connectivity index (χ1) is 14.5. The van der Waals surface area contributed by atoms with Crippen LogP contribution in [0.1, 0.15) is 11.1 Å². The number of carbonyl (C=O) groups is 2. The van der Waals surface area contributed by atoms with E-state index in [9.17, 15) is 9.59 Å². The van der Waals surface area contributed by atoms with Gasteiger partial charge in [-0.05, 0) is 55.3 Å². The number of ether oxygens (including phenoxy) is 3. The fraction of sp³-hybridized carbons (Fsp3) is 0.391. The Bertz CT molecular complexity index is 874. The van der Waals surface area contributed by atoms with Gasteiger partial charge in [-0.3, -0.25) is 4.79 Å². The Hall–Kier alpha value is -3.22. The molecule has 30 heavy (non-hydrogen) atoms. The van der Waals surface area contributed by atoms with Crippen molar-refractivity contribution in [2.24, 2.45) is 0 Å². The number of hydrogen-bond donors (Lipinski definition) is 0. The molecule has 0 unspecified atom stereocenters. The molecule has 3 rings (SSSR count). The van der Waals surface area contributed by atoms with Gasteiger partial charge in [0.25, 0.3) is 5.91 Å². The number of rotatable bonds is 7. The Balaban J connectivity index is 1.40. The Morgan fingerprint density at radius 2 is 1.63 bits per heavy atom. The molecule has 1 fully saturated rings. The summed E-state index contributed by atoms with van der Waals surface area (Å²) in [5.41, 5.74) is 3.17. The molecule has 0 N–H and O–H groups in total. The van der Waals surface area contributed by atoms with Crippen molar-refractivity contribution in [3.05, 3.63) is 53.6 Å². The maximum Gasteiger partial charge on any atom is 0.344 e. The molecule has 1 aliphatic heterocycles. The van der Waals surface area contributed by atoms with Crippen LogP contribution < -0.4 is 14.4 Å². The fourth-order valence-electron chi connectivity index (χ4n) is 3.30. The van der Waals surface area contributed by atoms with Crippen LogP contribution in [0.5, 0.6) is 11.5 Å². The van der Waals surface area contributed by atoms with Crippen LogP contribution in [-0.4, -0.2) is 63.3 Å². The first kappa shape index (κ1) is 21.5. The van der Waals surface area contributed by atoms with E-state index in [1.165, 1.54) is 0 Å². The van der Waals surface area contributed by atoms with E-state index in [4.69, 9.17) is 14.2 Å². The number of carbonyl (C=O) groups excluding carboxylic acids is 2. The second-order valence-electron chi connectivity index (χ2n) is 7.21. The van der Waals surface area contributed by atoms with Gasteiger partial charge in [-0.1, -0.05) is 12.1 Å². The Kier molecular flexibility index (Phi) is 7.17.